The van der Waals surface area contributed by atoms with Crippen LogP contribution in [0, 0.1) is 11.8 Å². The Morgan fingerprint density at radius 3 is 1.38 bits per heavy atom. The Kier molecular flexibility index (Phi) is 11.4. The van der Waals surface area contributed by atoms with Crippen molar-refractivity contribution in [3.8, 4) is 11.5 Å². The fraction of sp³-hybridized carbons (Fsp3) is 0.486. The van der Waals surface area contributed by atoms with E-state index >= 15 is 0 Å². The second kappa shape index (κ2) is 15.2. The van der Waals surface area contributed by atoms with Crippen molar-refractivity contribution in [1.82, 2.24) is 29.4 Å². The molecule has 0 fully saturated rings. The average molecular weight is 647 g/mol. The molecule has 0 bridgehead atoms. The number of carbonyl (C=O) groups is 4. The predicted molar refractivity (Wildman–Crippen MR) is 180 cm³/mol. The van der Waals surface area contributed by atoms with Gasteiger partial charge in [-0.2, -0.15) is 10.2 Å². The summed E-state index contributed by atoms with van der Waals surface area (Å²) in [6.07, 6.45) is 0.564. The SMILES string of the molecule is CCN(CCCN(CC)C(=O)Cn1nc(C(=O)C(C)C)c2ccc(OC)cc21)C(=O)Cn1nc(C(=O)C(C)C)c2ccc(OC)cc21. The molecule has 0 aliphatic carbocycles. The Bertz CT molecular complexity index is 1640. The van der Waals surface area contributed by atoms with Gasteiger partial charge >= 0.3 is 0 Å². The van der Waals surface area contributed by atoms with Gasteiger partial charge in [0, 0.05) is 60.9 Å². The van der Waals surface area contributed by atoms with Crippen molar-refractivity contribution in [2.24, 2.45) is 11.8 Å². The first kappa shape index (κ1) is 35.1. The topological polar surface area (TPSA) is 129 Å². The molecule has 47 heavy (non-hydrogen) atoms. The van der Waals surface area contributed by atoms with E-state index in [0.29, 0.717) is 77.3 Å². The molecule has 0 N–H and O–H groups in total. The number of rotatable bonds is 16. The largest absolute Gasteiger partial charge is 0.497 e. The van der Waals surface area contributed by atoms with Crippen LogP contribution in [0.4, 0.5) is 0 Å². The van der Waals surface area contributed by atoms with Gasteiger partial charge < -0.3 is 19.3 Å². The van der Waals surface area contributed by atoms with Gasteiger partial charge in [-0.1, -0.05) is 27.7 Å². The second-order valence-corrected chi connectivity index (χ2v) is 12.1. The van der Waals surface area contributed by atoms with E-state index in [4.69, 9.17) is 9.47 Å². The van der Waals surface area contributed by atoms with Gasteiger partial charge in [0.15, 0.2) is 11.6 Å². The van der Waals surface area contributed by atoms with Crippen molar-refractivity contribution < 1.29 is 28.7 Å². The Morgan fingerprint density at radius 1 is 0.681 bits per heavy atom. The van der Waals surface area contributed by atoms with Crippen LogP contribution >= 0.6 is 0 Å². The molecule has 2 aromatic carbocycles. The van der Waals surface area contributed by atoms with Crippen LogP contribution in [-0.2, 0) is 22.7 Å². The number of aromatic nitrogens is 4. The summed E-state index contributed by atoms with van der Waals surface area (Å²) in [5, 5.41) is 10.5. The van der Waals surface area contributed by atoms with Crippen LogP contribution < -0.4 is 9.47 Å². The number of hydrogen-bond donors (Lipinski definition) is 0. The number of amides is 2. The first-order valence-electron chi connectivity index (χ1n) is 16.2. The number of nitrogens with zero attached hydrogens (tertiary/aromatic N) is 6. The molecule has 0 aliphatic heterocycles. The van der Waals surface area contributed by atoms with Crippen LogP contribution in [-0.4, -0.2) is 93.1 Å². The lowest BCUT2D eigenvalue weighted by Crippen LogP contribution is -2.39. The van der Waals surface area contributed by atoms with Crippen molar-refractivity contribution >= 4 is 45.2 Å². The zero-order chi connectivity index (χ0) is 34.4. The molecule has 4 aromatic rings. The van der Waals surface area contributed by atoms with E-state index in [0.717, 1.165) is 0 Å². The van der Waals surface area contributed by atoms with Crippen LogP contribution in [0.2, 0.25) is 0 Å². The summed E-state index contributed by atoms with van der Waals surface area (Å²) >= 11 is 0. The van der Waals surface area contributed by atoms with E-state index in [-0.39, 0.29) is 48.3 Å². The minimum absolute atomic E-state index is 0.0351. The second-order valence-electron chi connectivity index (χ2n) is 12.1. The molecule has 0 aliphatic rings. The molecule has 0 radical (unpaired) electrons. The molecule has 252 valence electrons. The van der Waals surface area contributed by atoms with Gasteiger partial charge in [0.2, 0.25) is 11.8 Å². The molecule has 0 spiro atoms. The lowest BCUT2D eigenvalue weighted by molar-refractivity contribution is -0.132. The number of methoxy groups -OCH3 is 2. The van der Waals surface area contributed by atoms with Gasteiger partial charge in [0.25, 0.3) is 0 Å². The molecule has 0 saturated carbocycles. The molecule has 12 nitrogen and oxygen atoms in total. The summed E-state index contributed by atoms with van der Waals surface area (Å²) in [6, 6.07) is 10.7. The van der Waals surface area contributed by atoms with E-state index in [1.807, 2.05) is 41.5 Å². The molecule has 0 atom stereocenters. The number of hydrogen-bond acceptors (Lipinski definition) is 8. The number of ketones is 2. The molecule has 12 heteroatoms. The number of fused-ring (bicyclic) bond motifs is 2. The van der Waals surface area contributed by atoms with Gasteiger partial charge in [0.1, 0.15) is 36.0 Å². The summed E-state index contributed by atoms with van der Waals surface area (Å²) in [5.41, 5.74) is 1.99. The van der Waals surface area contributed by atoms with Gasteiger partial charge in [-0.15, -0.1) is 0 Å². The maximum Gasteiger partial charge on any atom is 0.244 e. The molecule has 4 rings (SSSR count). The third kappa shape index (κ3) is 7.64. The first-order chi connectivity index (χ1) is 22.4. The van der Waals surface area contributed by atoms with Crippen LogP contribution in [0.1, 0.15) is 68.9 Å². The van der Waals surface area contributed by atoms with Crippen LogP contribution in [0.3, 0.4) is 0 Å². The van der Waals surface area contributed by atoms with Crippen molar-refractivity contribution in [2.45, 2.75) is 61.1 Å². The Balaban J connectivity index is 1.45. The van der Waals surface area contributed by atoms with Gasteiger partial charge in [-0.25, -0.2) is 0 Å². The van der Waals surface area contributed by atoms with E-state index in [1.54, 1.807) is 69.8 Å². The van der Waals surface area contributed by atoms with Crippen LogP contribution in [0.15, 0.2) is 36.4 Å². The minimum atomic E-state index is -0.241. The third-order valence-corrected chi connectivity index (χ3v) is 8.33. The molecule has 0 saturated heterocycles. The highest BCUT2D eigenvalue weighted by Gasteiger charge is 2.24. The minimum Gasteiger partial charge on any atom is -0.497 e. The summed E-state index contributed by atoms with van der Waals surface area (Å²) in [5.74, 6) is 0.271. The number of likely N-dealkylation sites (N-methyl/N-ethyl adjacent to an activating group) is 2. The highest BCUT2D eigenvalue weighted by Crippen LogP contribution is 2.27. The summed E-state index contributed by atoms with van der Waals surface area (Å²) in [4.78, 5) is 56.2. The van der Waals surface area contributed by atoms with Crippen molar-refractivity contribution in [3.05, 3.63) is 47.8 Å². The zero-order valence-electron chi connectivity index (χ0n) is 28.7. The van der Waals surface area contributed by atoms with Crippen molar-refractivity contribution in [2.75, 3.05) is 40.4 Å². The summed E-state index contributed by atoms with van der Waals surface area (Å²) in [6.45, 7) is 12.9. The lowest BCUT2D eigenvalue weighted by Gasteiger charge is -2.25. The predicted octanol–water partition coefficient (Wildman–Crippen LogP) is 4.87. The fourth-order valence-corrected chi connectivity index (χ4v) is 5.54. The summed E-state index contributed by atoms with van der Waals surface area (Å²) in [7, 11) is 3.13. The number of ether oxygens (including phenoxy) is 2. The maximum atomic E-state index is 13.5. The van der Waals surface area contributed by atoms with E-state index in [9.17, 15) is 19.2 Å². The van der Waals surface area contributed by atoms with Gasteiger partial charge in [0.05, 0.1) is 25.3 Å². The normalized spacial score (nSPS) is 11.4. The quantitative estimate of drug-likeness (QED) is 0.158. The first-order valence-corrected chi connectivity index (χ1v) is 16.2. The number of carbonyl (C=O) groups excluding carboxylic acids is 4. The fourth-order valence-electron chi connectivity index (χ4n) is 5.54. The van der Waals surface area contributed by atoms with E-state index in [2.05, 4.69) is 10.2 Å². The number of Topliss-reactive ketones (excluding diaryl/α,β-unsaturated/α-hetero) is 2. The van der Waals surface area contributed by atoms with Crippen molar-refractivity contribution in [1.29, 1.82) is 0 Å². The zero-order valence-corrected chi connectivity index (χ0v) is 28.7. The Labute approximate surface area is 275 Å². The smallest absolute Gasteiger partial charge is 0.244 e. The van der Waals surface area contributed by atoms with Gasteiger partial charge in [-0.3, -0.25) is 28.5 Å². The average Bonchev–Trinajstić information content (AvgIpc) is 3.60. The molecule has 2 amide bonds. The van der Waals surface area contributed by atoms with Crippen LogP contribution in [0.5, 0.6) is 11.5 Å². The van der Waals surface area contributed by atoms with E-state index in [1.165, 1.54) is 0 Å². The monoisotopic (exact) mass is 646 g/mol. The molecule has 2 heterocycles. The Morgan fingerprint density at radius 2 is 1.06 bits per heavy atom. The lowest BCUT2D eigenvalue weighted by atomic mass is 10.0. The standard InChI is InChI=1S/C35H46N6O6/c1-9-38(30(42)20-40-28-18-24(46-7)12-14-26(28)32(36-40)34(44)22(3)4)16-11-17-39(10-2)31(43)21-41-29-19-25(47-8)13-15-27(29)33(37-41)35(45)23(5)6/h12-15,18-19,22-23H,9-11,16-17,20-21H2,1-8H3. The highest BCUT2D eigenvalue weighted by atomic mass is 16.5. The van der Waals surface area contributed by atoms with Crippen LogP contribution in [0.25, 0.3) is 21.8 Å². The number of benzene rings is 2. The van der Waals surface area contributed by atoms with Gasteiger partial charge in [-0.05, 0) is 44.5 Å². The summed E-state index contributed by atoms with van der Waals surface area (Å²) < 4.78 is 13.9. The third-order valence-electron chi connectivity index (χ3n) is 8.33. The maximum absolute atomic E-state index is 13.5. The molecular formula is C35H46N6O6. The van der Waals surface area contributed by atoms with E-state index < -0.39 is 0 Å². The molecular weight excluding hydrogens is 600 g/mol. The van der Waals surface area contributed by atoms with Crippen molar-refractivity contribution in [3.63, 3.8) is 0 Å². The highest BCUT2D eigenvalue weighted by molar-refractivity contribution is 6.08. The Hall–Kier alpha value is -4.74. The molecule has 0 unspecified atom stereocenters. The molecule has 2 aromatic heterocycles.